The maximum Gasteiger partial charge on any atom is 0.253 e. The Kier molecular flexibility index (Phi) is 7.49. The normalized spacial score (nSPS) is 14.7. The Hall–Kier alpha value is -2.97. The lowest BCUT2D eigenvalue weighted by Gasteiger charge is -2.34. The Balaban J connectivity index is 1.21. The van der Waals surface area contributed by atoms with Gasteiger partial charge in [0, 0.05) is 49.9 Å². The molecular weight excluding hydrogens is 529 g/mol. The van der Waals surface area contributed by atoms with Crippen molar-refractivity contribution in [1.82, 2.24) is 14.8 Å². The molecule has 4 aromatic rings. The number of nitrogens with zero attached hydrogens (tertiary/aromatic N) is 3. The van der Waals surface area contributed by atoms with E-state index in [2.05, 4.69) is 9.88 Å². The highest BCUT2D eigenvalue weighted by atomic mass is 35.5. The summed E-state index contributed by atoms with van der Waals surface area (Å²) >= 11 is 12.1. The van der Waals surface area contributed by atoms with Gasteiger partial charge in [0.15, 0.2) is 9.84 Å². The second-order valence-corrected chi connectivity index (χ2v) is 11.9. The van der Waals surface area contributed by atoms with Gasteiger partial charge in [0.05, 0.1) is 26.2 Å². The average Bonchev–Trinajstić information content (AvgIpc) is 2.91. The number of benzene rings is 3. The lowest BCUT2D eigenvalue weighted by molar-refractivity contribution is 0.0628. The number of amides is 1. The van der Waals surface area contributed by atoms with Gasteiger partial charge in [0.25, 0.3) is 5.91 Å². The standard InChI is InChI=1S/C28H25Cl2N3O3S/c29-24-11-8-21(17-25(24)30)18-32-13-15-33(16-14-32)28(34)23-9-6-20(7-10-23)19-37(35,36)26-5-1-3-22-4-2-12-31-27(22)26/h1-12,17H,13-16,18-19H2. The maximum absolute atomic E-state index is 13.1. The fraction of sp³-hybridized carbons (Fsp3) is 0.214. The summed E-state index contributed by atoms with van der Waals surface area (Å²) in [6.45, 7) is 3.48. The molecule has 1 aromatic heterocycles. The zero-order valence-corrected chi connectivity index (χ0v) is 22.3. The number of pyridine rings is 1. The molecule has 1 aliphatic rings. The van der Waals surface area contributed by atoms with Crippen LogP contribution in [0.5, 0.6) is 0 Å². The number of piperazine rings is 1. The number of sulfone groups is 1. The van der Waals surface area contributed by atoms with Crippen LogP contribution in [0.15, 0.2) is 83.9 Å². The molecule has 2 heterocycles. The number of carbonyl (C=O) groups excluding carboxylic acids is 1. The summed E-state index contributed by atoms with van der Waals surface area (Å²) in [5.41, 5.74) is 2.72. The largest absolute Gasteiger partial charge is 0.336 e. The number of fused-ring (bicyclic) bond motifs is 1. The van der Waals surface area contributed by atoms with E-state index in [1.54, 1.807) is 54.7 Å². The Labute approximate surface area is 226 Å². The van der Waals surface area contributed by atoms with E-state index in [0.717, 1.165) is 30.6 Å². The van der Waals surface area contributed by atoms with Crippen molar-refractivity contribution in [2.45, 2.75) is 17.2 Å². The summed E-state index contributed by atoms with van der Waals surface area (Å²) in [7, 11) is -3.61. The first kappa shape index (κ1) is 25.7. The fourth-order valence-electron chi connectivity index (χ4n) is 4.56. The molecule has 37 heavy (non-hydrogen) atoms. The summed E-state index contributed by atoms with van der Waals surface area (Å²) < 4.78 is 26.3. The Morgan fingerprint density at radius 2 is 1.54 bits per heavy atom. The van der Waals surface area contributed by atoms with E-state index in [1.807, 2.05) is 29.2 Å². The van der Waals surface area contributed by atoms with E-state index in [-0.39, 0.29) is 16.6 Å². The van der Waals surface area contributed by atoms with E-state index < -0.39 is 9.84 Å². The molecule has 1 fully saturated rings. The first-order chi connectivity index (χ1) is 17.8. The minimum Gasteiger partial charge on any atom is -0.336 e. The molecule has 0 N–H and O–H groups in total. The molecule has 0 unspecified atom stereocenters. The summed E-state index contributed by atoms with van der Waals surface area (Å²) in [5.74, 6) is -0.216. The van der Waals surface area contributed by atoms with Crippen molar-refractivity contribution in [2.24, 2.45) is 0 Å². The summed E-state index contributed by atoms with van der Waals surface area (Å²) in [6, 6.07) is 21.2. The van der Waals surface area contributed by atoms with Gasteiger partial charge in [-0.3, -0.25) is 14.7 Å². The van der Waals surface area contributed by atoms with Crippen molar-refractivity contribution in [2.75, 3.05) is 26.2 Å². The van der Waals surface area contributed by atoms with Crippen molar-refractivity contribution in [3.05, 3.63) is 106 Å². The zero-order valence-electron chi connectivity index (χ0n) is 20.0. The highest BCUT2D eigenvalue weighted by molar-refractivity contribution is 7.90. The quantitative estimate of drug-likeness (QED) is 0.316. The number of carbonyl (C=O) groups is 1. The Bertz CT molecular complexity index is 1550. The number of hydrogen-bond donors (Lipinski definition) is 0. The molecule has 0 radical (unpaired) electrons. The lowest BCUT2D eigenvalue weighted by atomic mass is 10.1. The molecule has 0 saturated carbocycles. The molecule has 190 valence electrons. The van der Waals surface area contributed by atoms with Crippen LogP contribution >= 0.6 is 23.2 Å². The molecule has 0 spiro atoms. The first-order valence-electron chi connectivity index (χ1n) is 11.9. The van der Waals surface area contributed by atoms with E-state index in [4.69, 9.17) is 23.2 Å². The highest BCUT2D eigenvalue weighted by Crippen LogP contribution is 2.25. The van der Waals surface area contributed by atoms with Gasteiger partial charge in [0.2, 0.25) is 0 Å². The van der Waals surface area contributed by atoms with Gasteiger partial charge < -0.3 is 4.90 Å². The molecule has 3 aromatic carbocycles. The van der Waals surface area contributed by atoms with E-state index >= 15 is 0 Å². The van der Waals surface area contributed by atoms with Crippen LogP contribution in [0.3, 0.4) is 0 Å². The Morgan fingerprint density at radius 3 is 2.27 bits per heavy atom. The monoisotopic (exact) mass is 553 g/mol. The molecule has 1 amide bonds. The zero-order chi connectivity index (χ0) is 26.0. The molecule has 5 rings (SSSR count). The van der Waals surface area contributed by atoms with Crippen LogP contribution in [-0.2, 0) is 22.1 Å². The van der Waals surface area contributed by atoms with Crippen LogP contribution in [0.4, 0.5) is 0 Å². The number of para-hydroxylation sites is 1. The number of rotatable bonds is 6. The average molecular weight is 554 g/mol. The number of hydrogen-bond acceptors (Lipinski definition) is 5. The van der Waals surface area contributed by atoms with Gasteiger partial charge >= 0.3 is 0 Å². The fourth-order valence-corrected chi connectivity index (χ4v) is 6.41. The third-order valence-corrected chi connectivity index (χ3v) is 8.99. The van der Waals surface area contributed by atoms with Gasteiger partial charge in [-0.2, -0.15) is 0 Å². The molecule has 0 bridgehead atoms. The van der Waals surface area contributed by atoms with Gasteiger partial charge in [-0.1, -0.05) is 59.6 Å². The summed E-state index contributed by atoms with van der Waals surface area (Å²) in [6.07, 6.45) is 1.59. The minimum absolute atomic E-state index is 0.0538. The molecule has 9 heteroatoms. The molecule has 0 atom stereocenters. The highest BCUT2D eigenvalue weighted by Gasteiger charge is 2.23. The van der Waals surface area contributed by atoms with Crippen LogP contribution in [-0.4, -0.2) is 55.3 Å². The van der Waals surface area contributed by atoms with Crippen molar-refractivity contribution >= 4 is 49.8 Å². The number of halogens is 2. The molecular formula is C28H25Cl2N3O3S. The topological polar surface area (TPSA) is 70.6 Å². The van der Waals surface area contributed by atoms with Gasteiger partial charge in [-0.25, -0.2) is 8.42 Å². The van der Waals surface area contributed by atoms with Gasteiger partial charge in [-0.05, 0) is 47.5 Å². The van der Waals surface area contributed by atoms with E-state index in [1.165, 1.54) is 0 Å². The van der Waals surface area contributed by atoms with Crippen LogP contribution in [0, 0.1) is 0 Å². The first-order valence-corrected chi connectivity index (χ1v) is 14.3. The SMILES string of the molecule is O=C(c1ccc(CS(=O)(=O)c2cccc3cccnc23)cc1)N1CCN(Cc2ccc(Cl)c(Cl)c2)CC1. The third kappa shape index (κ3) is 5.80. The number of aromatic nitrogens is 1. The van der Waals surface area contributed by atoms with Crippen molar-refractivity contribution in [1.29, 1.82) is 0 Å². The van der Waals surface area contributed by atoms with E-state index in [9.17, 15) is 13.2 Å². The van der Waals surface area contributed by atoms with Crippen LogP contribution in [0.2, 0.25) is 10.0 Å². The second kappa shape index (κ2) is 10.8. The molecule has 6 nitrogen and oxygen atoms in total. The van der Waals surface area contributed by atoms with Crippen LogP contribution in [0.25, 0.3) is 10.9 Å². The maximum atomic E-state index is 13.1. The molecule has 0 aliphatic carbocycles. The van der Waals surface area contributed by atoms with Gasteiger partial charge in [0.1, 0.15) is 0 Å². The third-order valence-electron chi connectivity index (χ3n) is 6.54. The predicted molar refractivity (Wildman–Crippen MR) is 147 cm³/mol. The molecule has 1 aliphatic heterocycles. The van der Waals surface area contributed by atoms with Crippen molar-refractivity contribution < 1.29 is 13.2 Å². The van der Waals surface area contributed by atoms with Crippen molar-refractivity contribution in [3.63, 3.8) is 0 Å². The summed E-state index contributed by atoms with van der Waals surface area (Å²) in [5, 5.41) is 1.86. The summed E-state index contributed by atoms with van der Waals surface area (Å²) in [4.78, 5) is 21.7. The predicted octanol–water partition coefficient (Wildman–Crippen LogP) is 5.47. The smallest absolute Gasteiger partial charge is 0.253 e. The lowest BCUT2D eigenvalue weighted by Crippen LogP contribution is -2.48. The van der Waals surface area contributed by atoms with E-state index in [0.29, 0.717) is 39.8 Å². The minimum atomic E-state index is -3.61. The van der Waals surface area contributed by atoms with Crippen LogP contribution < -0.4 is 0 Å². The second-order valence-electron chi connectivity index (χ2n) is 9.10. The van der Waals surface area contributed by atoms with Crippen LogP contribution in [0.1, 0.15) is 21.5 Å². The molecule has 1 saturated heterocycles. The van der Waals surface area contributed by atoms with Gasteiger partial charge in [-0.15, -0.1) is 0 Å². The Morgan fingerprint density at radius 1 is 0.838 bits per heavy atom. The van der Waals surface area contributed by atoms with Crippen molar-refractivity contribution in [3.8, 4) is 0 Å².